The zero-order valence-corrected chi connectivity index (χ0v) is 12.9. The van der Waals surface area contributed by atoms with Crippen molar-refractivity contribution in [3.8, 4) is 0 Å². The maximum atomic E-state index is 2.73. The third kappa shape index (κ3) is 2.50. The number of hydrogen-bond acceptors (Lipinski definition) is 2. The van der Waals surface area contributed by atoms with Gasteiger partial charge in [-0.25, -0.2) is 0 Å². The smallest absolute Gasteiger partial charge is 0.0758 e. The molecule has 1 unspecified atom stereocenters. The monoisotopic (exact) mass is 282 g/mol. The fraction of sp³-hybridized carbons (Fsp3) is 0.579. The van der Waals surface area contributed by atoms with Crippen molar-refractivity contribution < 1.29 is 0 Å². The first-order valence-electron chi connectivity index (χ1n) is 8.73. The summed E-state index contributed by atoms with van der Waals surface area (Å²) in [6.07, 6.45) is 10.7. The Kier molecular flexibility index (Phi) is 3.72. The average Bonchev–Trinajstić information content (AvgIpc) is 2.96. The molecule has 3 aliphatic rings. The Labute approximate surface area is 128 Å². The minimum absolute atomic E-state index is 0.527. The highest BCUT2D eigenvalue weighted by molar-refractivity contribution is 5.65. The van der Waals surface area contributed by atoms with Crippen LogP contribution >= 0.6 is 0 Å². The molecule has 0 bridgehead atoms. The molecule has 1 aromatic rings. The molecule has 21 heavy (non-hydrogen) atoms. The van der Waals surface area contributed by atoms with Crippen LogP contribution in [0, 0.1) is 0 Å². The van der Waals surface area contributed by atoms with Crippen LogP contribution in [0.4, 0.5) is 0 Å². The first-order valence-corrected chi connectivity index (χ1v) is 8.73. The van der Waals surface area contributed by atoms with Crippen LogP contribution in [0.1, 0.15) is 55.7 Å². The molecule has 0 radical (unpaired) electrons. The minimum atomic E-state index is 0.527. The Morgan fingerprint density at radius 2 is 1.43 bits per heavy atom. The Bertz CT molecular complexity index is 522. The van der Waals surface area contributed by atoms with Crippen molar-refractivity contribution in [1.29, 1.82) is 0 Å². The fourth-order valence-corrected chi connectivity index (χ4v) is 4.27. The van der Waals surface area contributed by atoms with Gasteiger partial charge in [0.1, 0.15) is 0 Å². The lowest BCUT2D eigenvalue weighted by Gasteiger charge is -2.40. The van der Waals surface area contributed by atoms with E-state index in [-0.39, 0.29) is 0 Å². The van der Waals surface area contributed by atoms with Gasteiger partial charge < -0.3 is 4.90 Å². The first kappa shape index (κ1) is 13.4. The molecule has 0 N–H and O–H groups in total. The largest absolute Gasteiger partial charge is 0.373 e. The maximum Gasteiger partial charge on any atom is 0.0758 e. The summed E-state index contributed by atoms with van der Waals surface area (Å²) in [5.41, 5.74) is 4.58. The van der Waals surface area contributed by atoms with Crippen LogP contribution in [-0.2, 0) is 0 Å². The van der Waals surface area contributed by atoms with Crippen molar-refractivity contribution in [2.24, 2.45) is 0 Å². The number of hydrogen-bond donors (Lipinski definition) is 0. The van der Waals surface area contributed by atoms with Gasteiger partial charge in [0, 0.05) is 18.8 Å². The van der Waals surface area contributed by atoms with Crippen LogP contribution in [0.5, 0.6) is 0 Å². The van der Waals surface area contributed by atoms with Crippen molar-refractivity contribution in [1.82, 2.24) is 9.80 Å². The standard InChI is InChI=1S/C19H26N2/c1-5-11-20(12-6-1)18-15-16-9-3-4-10-17(16)19(18)21-13-7-2-8-14-21/h3-4,9-10,15,19H,1-2,5-8,11-14H2. The van der Waals surface area contributed by atoms with E-state index >= 15 is 0 Å². The Hall–Kier alpha value is -1.28. The molecule has 2 aliphatic heterocycles. The van der Waals surface area contributed by atoms with E-state index in [9.17, 15) is 0 Å². The van der Waals surface area contributed by atoms with Gasteiger partial charge in [-0.1, -0.05) is 30.7 Å². The summed E-state index contributed by atoms with van der Waals surface area (Å²) < 4.78 is 0. The summed E-state index contributed by atoms with van der Waals surface area (Å²) in [7, 11) is 0. The van der Waals surface area contributed by atoms with E-state index in [4.69, 9.17) is 0 Å². The van der Waals surface area contributed by atoms with Crippen molar-refractivity contribution in [2.75, 3.05) is 26.2 Å². The van der Waals surface area contributed by atoms with Gasteiger partial charge in [0.2, 0.25) is 0 Å². The number of rotatable bonds is 2. The number of nitrogens with zero attached hydrogens (tertiary/aromatic N) is 2. The summed E-state index contributed by atoms with van der Waals surface area (Å²) in [6.45, 7) is 5.04. The average molecular weight is 282 g/mol. The number of benzene rings is 1. The highest BCUT2D eigenvalue weighted by atomic mass is 15.2. The van der Waals surface area contributed by atoms with Crippen LogP contribution in [0.2, 0.25) is 0 Å². The highest BCUT2D eigenvalue weighted by Gasteiger charge is 2.34. The van der Waals surface area contributed by atoms with Crippen molar-refractivity contribution in [2.45, 2.75) is 44.6 Å². The molecule has 0 spiro atoms. The normalized spacial score (nSPS) is 26.6. The summed E-state index contributed by atoms with van der Waals surface area (Å²) in [5.74, 6) is 0. The van der Waals surface area contributed by atoms with Gasteiger partial charge in [-0.2, -0.15) is 0 Å². The lowest BCUT2D eigenvalue weighted by molar-refractivity contribution is 0.151. The van der Waals surface area contributed by atoms with E-state index < -0.39 is 0 Å². The molecule has 2 nitrogen and oxygen atoms in total. The SMILES string of the molecule is C1=C(N2CCCCC2)C(N2CCCCC2)c2ccccc21. The Balaban J connectivity index is 1.67. The van der Waals surface area contributed by atoms with Crippen LogP contribution in [-0.4, -0.2) is 36.0 Å². The van der Waals surface area contributed by atoms with Crippen molar-refractivity contribution in [3.05, 3.63) is 41.1 Å². The number of fused-ring (bicyclic) bond motifs is 1. The van der Waals surface area contributed by atoms with Crippen molar-refractivity contribution in [3.63, 3.8) is 0 Å². The molecule has 0 saturated carbocycles. The van der Waals surface area contributed by atoms with Gasteiger partial charge in [-0.15, -0.1) is 0 Å². The summed E-state index contributed by atoms with van der Waals surface area (Å²) >= 11 is 0. The van der Waals surface area contributed by atoms with E-state index in [2.05, 4.69) is 40.1 Å². The van der Waals surface area contributed by atoms with E-state index in [0.717, 1.165) is 0 Å². The molecule has 1 aromatic carbocycles. The van der Waals surface area contributed by atoms with Gasteiger partial charge in [0.05, 0.1) is 6.04 Å². The molecule has 1 aliphatic carbocycles. The van der Waals surface area contributed by atoms with Gasteiger partial charge in [-0.3, -0.25) is 4.90 Å². The third-order valence-corrected chi connectivity index (χ3v) is 5.35. The lowest BCUT2D eigenvalue weighted by atomic mass is 10.00. The predicted octanol–water partition coefficient (Wildman–Crippen LogP) is 4.05. The molecule has 2 heteroatoms. The molecule has 0 aromatic heterocycles. The van der Waals surface area contributed by atoms with Gasteiger partial charge in [-0.05, 0) is 62.4 Å². The number of piperidine rings is 2. The first-order chi connectivity index (χ1) is 10.4. The second-order valence-corrected chi connectivity index (χ2v) is 6.74. The summed E-state index contributed by atoms with van der Waals surface area (Å²) in [6, 6.07) is 9.56. The molecule has 2 saturated heterocycles. The lowest BCUT2D eigenvalue weighted by Crippen LogP contribution is -2.39. The topological polar surface area (TPSA) is 6.48 Å². The molecule has 112 valence electrons. The zero-order valence-electron chi connectivity index (χ0n) is 12.9. The van der Waals surface area contributed by atoms with Crippen LogP contribution < -0.4 is 0 Å². The van der Waals surface area contributed by atoms with Crippen LogP contribution in [0.3, 0.4) is 0 Å². The van der Waals surface area contributed by atoms with Crippen LogP contribution in [0.15, 0.2) is 30.0 Å². The van der Waals surface area contributed by atoms with Crippen molar-refractivity contribution >= 4 is 6.08 Å². The van der Waals surface area contributed by atoms with E-state index in [1.54, 1.807) is 11.3 Å². The maximum absolute atomic E-state index is 2.73. The second kappa shape index (κ2) is 5.84. The van der Waals surface area contributed by atoms with Gasteiger partial charge in [0.25, 0.3) is 0 Å². The van der Waals surface area contributed by atoms with E-state index in [1.165, 1.54) is 70.3 Å². The Morgan fingerprint density at radius 3 is 2.19 bits per heavy atom. The van der Waals surface area contributed by atoms with E-state index in [1.807, 2.05) is 0 Å². The van der Waals surface area contributed by atoms with Gasteiger partial charge >= 0.3 is 0 Å². The molecule has 0 amide bonds. The molecule has 4 rings (SSSR count). The summed E-state index contributed by atoms with van der Waals surface area (Å²) in [5, 5.41) is 0. The van der Waals surface area contributed by atoms with Crippen LogP contribution in [0.25, 0.3) is 6.08 Å². The summed E-state index contributed by atoms with van der Waals surface area (Å²) in [4.78, 5) is 5.40. The highest BCUT2D eigenvalue weighted by Crippen LogP contribution is 2.42. The fourth-order valence-electron chi connectivity index (χ4n) is 4.27. The molecule has 2 fully saturated rings. The second-order valence-electron chi connectivity index (χ2n) is 6.74. The Morgan fingerprint density at radius 1 is 0.762 bits per heavy atom. The van der Waals surface area contributed by atoms with E-state index in [0.29, 0.717) is 6.04 Å². The third-order valence-electron chi connectivity index (χ3n) is 5.35. The molecule has 1 atom stereocenters. The quantitative estimate of drug-likeness (QED) is 0.807. The number of likely N-dealkylation sites (tertiary alicyclic amines) is 2. The molecular weight excluding hydrogens is 256 g/mol. The zero-order chi connectivity index (χ0) is 14.1. The molecular formula is C19H26N2. The minimum Gasteiger partial charge on any atom is -0.373 e. The molecule has 2 heterocycles. The predicted molar refractivity (Wildman–Crippen MR) is 88.0 cm³/mol. The van der Waals surface area contributed by atoms with Gasteiger partial charge in [0.15, 0.2) is 0 Å².